The number of unbranched alkanes of at least 4 members (excludes halogenated alkanes) is 1. The van der Waals surface area contributed by atoms with Gasteiger partial charge in [-0.3, -0.25) is 33.7 Å². The summed E-state index contributed by atoms with van der Waals surface area (Å²) in [7, 11) is 3.03. The van der Waals surface area contributed by atoms with Gasteiger partial charge in [0, 0.05) is 58.9 Å². The number of nitro benzene ring substituents is 1. The Kier molecular flexibility index (Phi) is 9.80. The van der Waals surface area contributed by atoms with E-state index in [1.54, 1.807) is 19.2 Å². The average Bonchev–Trinajstić information content (AvgIpc) is 2.78. The van der Waals surface area contributed by atoms with Crippen molar-refractivity contribution in [2.24, 2.45) is 14.1 Å². The Morgan fingerprint density at radius 3 is 2.42 bits per heavy atom. The highest BCUT2D eigenvalue weighted by Gasteiger charge is 2.09. The quantitative estimate of drug-likeness (QED) is 0.205. The molecular weight excluding hydrogens is 430 g/mol. The summed E-state index contributed by atoms with van der Waals surface area (Å²) in [5.74, 6) is 0.114. The lowest BCUT2D eigenvalue weighted by Crippen LogP contribution is -2.38. The number of carbonyl (C=O) groups is 1. The molecule has 0 aliphatic carbocycles. The molecule has 1 N–H and O–H groups in total. The molecule has 1 aromatic heterocycles. The van der Waals surface area contributed by atoms with Gasteiger partial charge in [-0.05, 0) is 31.4 Å². The standard InChI is InChI=1S/C22H31N5O6/c1-17(28)33-15-14-26(12-5-4-6-18-7-9-19(10-8-18)27(31)32)13-11-23-20-16-21(29)25(3)22(30)24(20)2/h7-10,16,23H,4-6,11-15H2,1-3H3. The summed E-state index contributed by atoms with van der Waals surface area (Å²) >= 11 is 0. The normalized spacial score (nSPS) is 10.9. The van der Waals surface area contributed by atoms with Crippen molar-refractivity contribution >= 4 is 17.5 Å². The number of rotatable bonds is 13. The van der Waals surface area contributed by atoms with Gasteiger partial charge >= 0.3 is 11.7 Å². The molecule has 180 valence electrons. The molecule has 2 rings (SSSR count). The van der Waals surface area contributed by atoms with Crippen LogP contribution < -0.4 is 16.6 Å². The Hall–Kier alpha value is -3.47. The summed E-state index contributed by atoms with van der Waals surface area (Å²) in [6, 6.07) is 7.95. The van der Waals surface area contributed by atoms with Gasteiger partial charge in [0.05, 0.1) is 4.92 Å². The first kappa shape index (κ1) is 25.8. The van der Waals surface area contributed by atoms with Gasteiger partial charge in [-0.25, -0.2) is 4.79 Å². The summed E-state index contributed by atoms with van der Waals surface area (Å²) in [5, 5.41) is 13.9. The van der Waals surface area contributed by atoms with Crippen LogP contribution in [0.1, 0.15) is 25.3 Å². The summed E-state index contributed by atoms with van der Waals surface area (Å²) in [6.45, 7) is 4.11. The minimum Gasteiger partial charge on any atom is -0.465 e. The molecular formula is C22H31N5O6. The molecule has 0 radical (unpaired) electrons. The molecule has 0 saturated carbocycles. The molecule has 0 bridgehead atoms. The molecule has 0 saturated heterocycles. The zero-order valence-corrected chi connectivity index (χ0v) is 19.3. The largest absolute Gasteiger partial charge is 0.465 e. The summed E-state index contributed by atoms with van der Waals surface area (Å²) in [5.41, 5.74) is 0.346. The molecule has 0 fully saturated rings. The van der Waals surface area contributed by atoms with Crippen LogP contribution in [0.5, 0.6) is 0 Å². The monoisotopic (exact) mass is 461 g/mol. The molecule has 0 unspecified atom stereocenters. The molecule has 0 amide bonds. The fourth-order valence-electron chi connectivity index (χ4n) is 3.35. The lowest BCUT2D eigenvalue weighted by Gasteiger charge is -2.23. The maximum atomic E-state index is 12.0. The average molecular weight is 462 g/mol. The zero-order chi connectivity index (χ0) is 24.4. The van der Waals surface area contributed by atoms with Crippen molar-refractivity contribution in [2.45, 2.75) is 26.2 Å². The first-order valence-corrected chi connectivity index (χ1v) is 10.8. The van der Waals surface area contributed by atoms with Crippen LogP contribution in [0.4, 0.5) is 11.5 Å². The molecule has 0 aliphatic rings. The maximum Gasteiger partial charge on any atom is 0.332 e. The number of benzene rings is 1. The fraction of sp³-hybridized carbons (Fsp3) is 0.500. The third kappa shape index (κ3) is 8.19. The van der Waals surface area contributed by atoms with E-state index in [2.05, 4.69) is 10.2 Å². The van der Waals surface area contributed by atoms with Gasteiger partial charge < -0.3 is 10.1 Å². The van der Waals surface area contributed by atoms with Crippen molar-refractivity contribution in [1.29, 1.82) is 0 Å². The molecule has 11 nitrogen and oxygen atoms in total. The third-order valence-electron chi connectivity index (χ3n) is 5.31. The minimum absolute atomic E-state index is 0.0802. The lowest BCUT2D eigenvalue weighted by atomic mass is 10.1. The van der Waals surface area contributed by atoms with E-state index in [-0.39, 0.29) is 23.8 Å². The molecule has 0 aliphatic heterocycles. The number of esters is 1. The molecule has 1 heterocycles. The van der Waals surface area contributed by atoms with Crippen LogP contribution in [0, 0.1) is 10.1 Å². The minimum atomic E-state index is -0.413. The number of hydrogen-bond acceptors (Lipinski definition) is 8. The smallest absolute Gasteiger partial charge is 0.332 e. The Morgan fingerprint density at radius 1 is 1.09 bits per heavy atom. The molecule has 0 spiro atoms. The predicted octanol–water partition coefficient (Wildman–Crippen LogP) is 1.29. The van der Waals surface area contributed by atoms with E-state index in [0.29, 0.717) is 25.5 Å². The Morgan fingerprint density at radius 2 is 1.79 bits per heavy atom. The van der Waals surface area contributed by atoms with Crippen molar-refractivity contribution in [2.75, 3.05) is 38.1 Å². The van der Waals surface area contributed by atoms with Crippen LogP contribution >= 0.6 is 0 Å². The number of hydrogen-bond donors (Lipinski definition) is 1. The van der Waals surface area contributed by atoms with Gasteiger partial charge in [-0.2, -0.15) is 0 Å². The van der Waals surface area contributed by atoms with Gasteiger partial charge in [-0.1, -0.05) is 12.1 Å². The Labute approximate surface area is 191 Å². The number of non-ortho nitro benzene ring substituents is 1. The van der Waals surface area contributed by atoms with E-state index < -0.39 is 10.6 Å². The van der Waals surface area contributed by atoms with E-state index in [4.69, 9.17) is 4.74 Å². The van der Waals surface area contributed by atoms with E-state index >= 15 is 0 Å². The van der Waals surface area contributed by atoms with Crippen LogP contribution in [0.2, 0.25) is 0 Å². The predicted molar refractivity (Wildman–Crippen MR) is 125 cm³/mol. The highest BCUT2D eigenvalue weighted by molar-refractivity contribution is 5.65. The van der Waals surface area contributed by atoms with E-state index in [0.717, 1.165) is 35.9 Å². The van der Waals surface area contributed by atoms with Crippen LogP contribution in [-0.4, -0.2) is 57.7 Å². The van der Waals surface area contributed by atoms with Crippen LogP contribution in [0.15, 0.2) is 39.9 Å². The third-order valence-corrected chi connectivity index (χ3v) is 5.31. The summed E-state index contributed by atoms with van der Waals surface area (Å²) < 4.78 is 7.49. The van der Waals surface area contributed by atoms with Crippen molar-refractivity contribution in [3.63, 3.8) is 0 Å². The number of nitrogens with one attached hydrogen (secondary N) is 1. The van der Waals surface area contributed by atoms with Gasteiger partial charge in [0.15, 0.2) is 0 Å². The van der Waals surface area contributed by atoms with Gasteiger partial charge in [0.2, 0.25) is 0 Å². The molecule has 33 heavy (non-hydrogen) atoms. The van der Waals surface area contributed by atoms with Crippen molar-refractivity contribution in [1.82, 2.24) is 14.0 Å². The van der Waals surface area contributed by atoms with Crippen LogP contribution in [0.25, 0.3) is 0 Å². The molecule has 0 atom stereocenters. The van der Waals surface area contributed by atoms with E-state index in [1.165, 1.54) is 36.7 Å². The molecule has 1 aromatic carbocycles. The molecule has 11 heteroatoms. The second-order valence-electron chi connectivity index (χ2n) is 7.76. The number of nitrogens with zero attached hydrogens (tertiary/aromatic N) is 4. The zero-order valence-electron chi connectivity index (χ0n) is 19.3. The van der Waals surface area contributed by atoms with Gasteiger partial charge in [-0.15, -0.1) is 0 Å². The lowest BCUT2D eigenvalue weighted by molar-refractivity contribution is -0.384. The number of carbonyl (C=O) groups excluding carboxylic acids is 1. The van der Waals surface area contributed by atoms with Crippen LogP contribution in [0.3, 0.4) is 0 Å². The number of aryl methyl sites for hydroxylation is 1. The number of aromatic nitrogens is 2. The van der Waals surface area contributed by atoms with Crippen molar-refractivity contribution in [3.8, 4) is 0 Å². The highest BCUT2D eigenvalue weighted by atomic mass is 16.6. The van der Waals surface area contributed by atoms with Gasteiger partial charge in [0.1, 0.15) is 12.4 Å². The van der Waals surface area contributed by atoms with E-state index in [1.807, 2.05) is 0 Å². The van der Waals surface area contributed by atoms with Gasteiger partial charge in [0.25, 0.3) is 11.2 Å². The molecule has 2 aromatic rings. The number of nitro groups is 1. The van der Waals surface area contributed by atoms with Crippen LogP contribution in [-0.2, 0) is 30.0 Å². The number of ether oxygens (including phenoxy) is 1. The first-order valence-electron chi connectivity index (χ1n) is 10.8. The Bertz CT molecular complexity index is 1060. The Balaban J connectivity index is 1.86. The second-order valence-corrected chi connectivity index (χ2v) is 7.76. The summed E-state index contributed by atoms with van der Waals surface area (Å²) in [4.78, 5) is 47.5. The van der Waals surface area contributed by atoms with E-state index in [9.17, 15) is 24.5 Å². The maximum absolute atomic E-state index is 12.0. The van der Waals surface area contributed by atoms with Crippen molar-refractivity contribution < 1.29 is 14.5 Å². The first-order chi connectivity index (χ1) is 15.7. The topological polar surface area (TPSA) is 129 Å². The summed E-state index contributed by atoms with van der Waals surface area (Å²) in [6.07, 6.45) is 2.60. The SMILES string of the molecule is CC(=O)OCCN(CCCCc1ccc([N+](=O)[O-])cc1)CCNc1cc(=O)n(C)c(=O)n1C. The highest BCUT2D eigenvalue weighted by Crippen LogP contribution is 2.13. The number of anilines is 1. The second kappa shape index (κ2) is 12.5. The fourth-order valence-corrected chi connectivity index (χ4v) is 3.35. The van der Waals surface area contributed by atoms with Crippen molar-refractivity contribution in [3.05, 3.63) is 66.8 Å².